The lowest BCUT2D eigenvalue weighted by atomic mass is 9.78. The molecule has 21 heavy (non-hydrogen) atoms. The van der Waals surface area contributed by atoms with E-state index in [1.807, 2.05) is 25.1 Å². The predicted octanol–water partition coefficient (Wildman–Crippen LogP) is 1.53. The number of hydrogen-bond donors (Lipinski definition) is 0. The van der Waals surface area contributed by atoms with Gasteiger partial charge in [0.25, 0.3) is 0 Å². The molecule has 3 heterocycles. The van der Waals surface area contributed by atoms with Crippen LogP contribution >= 0.6 is 0 Å². The van der Waals surface area contributed by atoms with Crippen LogP contribution in [0.3, 0.4) is 0 Å². The summed E-state index contributed by atoms with van der Waals surface area (Å²) in [5, 5.41) is 0. The Morgan fingerprint density at radius 3 is 2.71 bits per heavy atom. The molecular formula is C16H15NO4. The highest BCUT2D eigenvalue weighted by Gasteiger charge is 2.66. The van der Waals surface area contributed by atoms with E-state index in [1.165, 1.54) is 12.0 Å². The standard InChI is InChI=1S/C16H15NO4/c1-16-8-7-11(21-16)12-13(16)15(19)17(14(12)18)9-5-3-4-6-10(9)20-2/h3-8,11-13H,1-2H3/t11-,12+,13+,16-/m1/s1. The Morgan fingerprint density at radius 2 is 2.00 bits per heavy atom. The van der Waals surface area contributed by atoms with Gasteiger partial charge in [-0.05, 0) is 19.1 Å². The highest BCUT2D eigenvalue weighted by Crippen LogP contribution is 2.52. The van der Waals surface area contributed by atoms with Gasteiger partial charge in [0.1, 0.15) is 5.75 Å². The number of benzene rings is 1. The third-order valence-electron chi connectivity index (χ3n) is 4.66. The van der Waals surface area contributed by atoms with Crippen LogP contribution in [0.2, 0.25) is 0 Å². The summed E-state index contributed by atoms with van der Waals surface area (Å²) in [5.74, 6) is -0.746. The van der Waals surface area contributed by atoms with Crippen molar-refractivity contribution in [2.75, 3.05) is 12.0 Å². The molecule has 3 aliphatic heterocycles. The molecule has 2 saturated heterocycles. The Kier molecular flexibility index (Phi) is 2.37. The highest BCUT2D eigenvalue weighted by atomic mass is 16.5. The number of methoxy groups -OCH3 is 1. The number of nitrogens with zero attached hydrogens (tertiary/aromatic N) is 1. The normalized spacial score (nSPS) is 36.5. The van der Waals surface area contributed by atoms with Crippen molar-refractivity contribution in [3.63, 3.8) is 0 Å². The highest BCUT2D eigenvalue weighted by molar-refractivity contribution is 6.23. The van der Waals surface area contributed by atoms with E-state index in [2.05, 4.69) is 0 Å². The number of para-hydroxylation sites is 2. The van der Waals surface area contributed by atoms with Crippen molar-refractivity contribution < 1.29 is 19.1 Å². The minimum Gasteiger partial charge on any atom is -0.495 e. The first-order valence-electron chi connectivity index (χ1n) is 6.95. The lowest BCUT2D eigenvalue weighted by molar-refractivity contribution is -0.126. The summed E-state index contributed by atoms with van der Waals surface area (Å²) >= 11 is 0. The topological polar surface area (TPSA) is 55.8 Å². The summed E-state index contributed by atoms with van der Waals surface area (Å²) in [6, 6.07) is 7.07. The van der Waals surface area contributed by atoms with Gasteiger partial charge in [0.15, 0.2) is 0 Å². The number of amides is 2. The van der Waals surface area contributed by atoms with Crippen LogP contribution in [0.15, 0.2) is 36.4 Å². The van der Waals surface area contributed by atoms with Gasteiger partial charge in [-0.3, -0.25) is 9.59 Å². The van der Waals surface area contributed by atoms with Gasteiger partial charge < -0.3 is 9.47 Å². The number of carbonyl (C=O) groups excluding carboxylic acids is 2. The van der Waals surface area contributed by atoms with Gasteiger partial charge in [0.05, 0.1) is 36.3 Å². The zero-order valence-corrected chi connectivity index (χ0v) is 11.8. The Balaban J connectivity index is 1.80. The van der Waals surface area contributed by atoms with E-state index in [1.54, 1.807) is 18.2 Å². The lowest BCUT2D eigenvalue weighted by Crippen LogP contribution is -2.38. The number of imide groups is 1. The molecule has 2 amide bonds. The second-order valence-electron chi connectivity index (χ2n) is 5.81. The molecule has 0 aliphatic carbocycles. The molecule has 2 bridgehead atoms. The first-order valence-corrected chi connectivity index (χ1v) is 6.95. The van der Waals surface area contributed by atoms with Crippen molar-refractivity contribution in [3.8, 4) is 5.75 Å². The van der Waals surface area contributed by atoms with Gasteiger partial charge in [0, 0.05) is 0 Å². The zero-order valence-electron chi connectivity index (χ0n) is 11.8. The minimum absolute atomic E-state index is 0.201. The molecule has 0 N–H and O–H groups in total. The fraction of sp³-hybridized carbons (Fsp3) is 0.375. The monoisotopic (exact) mass is 285 g/mol. The summed E-state index contributed by atoms with van der Waals surface area (Å²) < 4.78 is 11.1. The molecule has 1 aromatic rings. The number of ether oxygens (including phenoxy) is 2. The first-order chi connectivity index (χ1) is 10.1. The van der Waals surface area contributed by atoms with Crippen LogP contribution in [0.5, 0.6) is 5.75 Å². The third kappa shape index (κ3) is 1.44. The molecule has 0 unspecified atom stereocenters. The lowest BCUT2D eigenvalue weighted by Gasteiger charge is -2.24. The molecule has 1 aromatic carbocycles. The zero-order chi connectivity index (χ0) is 14.8. The van der Waals surface area contributed by atoms with E-state index in [-0.39, 0.29) is 17.9 Å². The fourth-order valence-electron chi connectivity index (χ4n) is 3.70. The number of carbonyl (C=O) groups is 2. The number of anilines is 1. The largest absolute Gasteiger partial charge is 0.495 e. The third-order valence-corrected chi connectivity index (χ3v) is 4.66. The van der Waals surface area contributed by atoms with Gasteiger partial charge in [-0.2, -0.15) is 0 Å². The number of fused-ring (bicyclic) bond motifs is 5. The molecule has 5 nitrogen and oxygen atoms in total. The molecule has 4 atom stereocenters. The quantitative estimate of drug-likeness (QED) is 0.611. The van der Waals surface area contributed by atoms with Crippen molar-refractivity contribution in [2.45, 2.75) is 18.6 Å². The van der Waals surface area contributed by atoms with Crippen molar-refractivity contribution in [3.05, 3.63) is 36.4 Å². The Labute approximate surface area is 122 Å². The average Bonchev–Trinajstić information content (AvgIpc) is 3.08. The predicted molar refractivity (Wildman–Crippen MR) is 74.9 cm³/mol. The molecular weight excluding hydrogens is 270 g/mol. The molecule has 3 aliphatic rings. The maximum Gasteiger partial charge on any atom is 0.241 e. The van der Waals surface area contributed by atoms with Crippen LogP contribution in [0.25, 0.3) is 0 Å². The Morgan fingerprint density at radius 1 is 1.24 bits per heavy atom. The maximum atomic E-state index is 12.8. The second kappa shape index (κ2) is 3.95. The van der Waals surface area contributed by atoms with Gasteiger partial charge >= 0.3 is 0 Å². The minimum atomic E-state index is -0.668. The van der Waals surface area contributed by atoms with Gasteiger partial charge in [-0.15, -0.1) is 0 Å². The molecule has 2 fully saturated rings. The molecule has 0 spiro atoms. The first kappa shape index (κ1) is 12.6. The molecule has 108 valence electrons. The average molecular weight is 285 g/mol. The fourth-order valence-corrected chi connectivity index (χ4v) is 3.70. The van der Waals surface area contributed by atoms with Gasteiger partial charge in [-0.25, -0.2) is 4.90 Å². The number of hydrogen-bond acceptors (Lipinski definition) is 4. The Bertz CT molecular complexity index is 683. The summed E-state index contributed by atoms with van der Waals surface area (Å²) in [4.78, 5) is 26.8. The van der Waals surface area contributed by atoms with Crippen molar-refractivity contribution >= 4 is 17.5 Å². The van der Waals surface area contributed by atoms with E-state index in [0.717, 1.165) is 0 Å². The second-order valence-corrected chi connectivity index (χ2v) is 5.81. The van der Waals surface area contributed by atoms with Crippen LogP contribution < -0.4 is 9.64 Å². The van der Waals surface area contributed by atoms with E-state index in [9.17, 15) is 9.59 Å². The SMILES string of the molecule is COc1ccccc1N1C(=O)[C@@H]2[C@@H](C1=O)[C@@]1(C)C=C[C@H]2O1. The molecule has 0 aromatic heterocycles. The van der Waals surface area contributed by atoms with Crippen LogP contribution in [0.4, 0.5) is 5.69 Å². The molecule has 0 saturated carbocycles. The Hall–Kier alpha value is -2.14. The summed E-state index contributed by atoms with van der Waals surface area (Å²) in [6.07, 6.45) is 3.49. The van der Waals surface area contributed by atoms with E-state index in [0.29, 0.717) is 11.4 Å². The van der Waals surface area contributed by atoms with Crippen LogP contribution in [-0.4, -0.2) is 30.6 Å². The molecule has 5 heteroatoms. The van der Waals surface area contributed by atoms with Crippen LogP contribution in [0, 0.1) is 11.8 Å². The summed E-state index contributed by atoms with van der Waals surface area (Å²) in [6.45, 7) is 1.87. The van der Waals surface area contributed by atoms with Crippen LogP contribution in [0.1, 0.15) is 6.92 Å². The number of rotatable bonds is 2. The van der Waals surface area contributed by atoms with Gasteiger partial charge in [0.2, 0.25) is 11.8 Å². The van der Waals surface area contributed by atoms with Crippen molar-refractivity contribution in [1.29, 1.82) is 0 Å². The maximum absolute atomic E-state index is 12.8. The van der Waals surface area contributed by atoms with Gasteiger partial charge in [-0.1, -0.05) is 24.3 Å². The summed E-state index contributed by atoms with van der Waals surface area (Å²) in [7, 11) is 1.53. The molecule has 0 radical (unpaired) electrons. The summed E-state index contributed by atoms with van der Waals surface area (Å²) in [5.41, 5.74) is -0.161. The van der Waals surface area contributed by atoms with Crippen molar-refractivity contribution in [2.24, 2.45) is 11.8 Å². The molecule has 4 rings (SSSR count). The van der Waals surface area contributed by atoms with Crippen molar-refractivity contribution in [1.82, 2.24) is 0 Å². The van der Waals surface area contributed by atoms with E-state index < -0.39 is 17.4 Å². The van der Waals surface area contributed by atoms with Crippen LogP contribution in [-0.2, 0) is 14.3 Å². The van der Waals surface area contributed by atoms with E-state index in [4.69, 9.17) is 9.47 Å². The van der Waals surface area contributed by atoms with E-state index >= 15 is 0 Å². The smallest absolute Gasteiger partial charge is 0.241 e.